The second-order valence-electron chi connectivity index (χ2n) is 9.22. The second-order valence-corrected chi connectivity index (χ2v) is 9.22. The molecule has 0 rings (SSSR count). The molecule has 0 bridgehead atoms. The highest BCUT2D eigenvalue weighted by molar-refractivity contribution is 4.92. The summed E-state index contributed by atoms with van der Waals surface area (Å²) in [6.07, 6.45) is 34.3. The van der Waals surface area contributed by atoms with Crippen LogP contribution in [0.1, 0.15) is 142 Å². The first kappa shape index (κ1) is 30.4. The van der Waals surface area contributed by atoms with Crippen LogP contribution in [0.4, 0.5) is 0 Å². The van der Waals surface area contributed by atoms with Crippen molar-refractivity contribution in [3.63, 3.8) is 0 Å². The number of allylic oxidation sites excluding steroid dienone is 4. The van der Waals surface area contributed by atoms with Gasteiger partial charge in [0, 0.05) is 6.61 Å². The van der Waals surface area contributed by atoms with E-state index in [4.69, 9.17) is 4.74 Å². The molecule has 0 unspecified atom stereocenters. The van der Waals surface area contributed by atoms with Gasteiger partial charge < -0.3 is 9.84 Å². The van der Waals surface area contributed by atoms with E-state index in [9.17, 15) is 5.11 Å². The van der Waals surface area contributed by atoms with Crippen molar-refractivity contribution in [3.05, 3.63) is 24.3 Å². The first-order valence-electron chi connectivity index (χ1n) is 13.9. The number of rotatable bonds is 25. The number of hydrogen-bond donors (Lipinski definition) is 1. The maximum Gasteiger partial charge on any atom is 0.0773 e. The van der Waals surface area contributed by atoms with Gasteiger partial charge in [0.15, 0.2) is 0 Å². The molecule has 0 aromatic rings. The lowest BCUT2D eigenvalue weighted by Crippen LogP contribution is -2.15. The summed E-state index contributed by atoms with van der Waals surface area (Å²) in [5.41, 5.74) is 0. The van der Waals surface area contributed by atoms with E-state index in [1.165, 1.54) is 103 Å². The van der Waals surface area contributed by atoms with Crippen LogP contribution in [0.15, 0.2) is 24.3 Å². The zero-order valence-corrected chi connectivity index (χ0v) is 21.3. The lowest BCUT2D eigenvalue weighted by atomic mass is 10.1. The van der Waals surface area contributed by atoms with Crippen molar-refractivity contribution in [1.29, 1.82) is 0 Å². The molecule has 0 spiro atoms. The Hall–Kier alpha value is -0.600. The van der Waals surface area contributed by atoms with Crippen molar-refractivity contribution < 1.29 is 9.84 Å². The lowest BCUT2D eigenvalue weighted by Gasteiger charge is -2.11. The van der Waals surface area contributed by atoms with Gasteiger partial charge in [0.1, 0.15) is 0 Å². The lowest BCUT2D eigenvalue weighted by molar-refractivity contribution is 0.0297. The van der Waals surface area contributed by atoms with E-state index >= 15 is 0 Å². The summed E-state index contributed by atoms with van der Waals surface area (Å²) in [6, 6.07) is 0. The average Bonchev–Trinajstić information content (AvgIpc) is 2.77. The standard InChI is InChI=1S/C29H56O2/c1-3-5-7-9-11-12-13-14-15-16-17-18-19-21-23-25-27-31-28-29(30)26-24-22-20-10-8-6-4-2/h11-12,14-15,29-30H,3-10,13,16-28H2,1-2H3/t29-/m1/s1. The minimum atomic E-state index is -0.264. The molecular weight excluding hydrogens is 380 g/mol. The van der Waals surface area contributed by atoms with Crippen LogP contribution in [-0.2, 0) is 4.74 Å². The molecule has 0 fully saturated rings. The summed E-state index contributed by atoms with van der Waals surface area (Å²) in [5.74, 6) is 0. The highest BCUT2D eigenvalue weighted by Crippen LogP contribution is 2.11. The molecule has 0 saturated carbocycles. The molecule has 0 amide bonds. The summed E-state index contributed by atoms with van der Waals surface area (Å²) in [7, 11) is 0. The molecule has 0 radical (unpaired) electrons. The smallest absolute Gasteiger partial charge is 0.0773 e. The van der Waals surface area contributed by atoms with Gasteiger partial charge in [-0.25, -0.2) is 0 Å². The molecule has 0 aliphatic heterocycles. The van der Waals surface area contributed by atoms with Crippen molar-refractivity contribution in [2.75, 3.05) is 13.2 Å². The van der Waals surface area contributed by atoms with Crippen molar-refractivity contribution >= 4 is 0 Å². The van der Waals surface area contributed by atoms with Crippen molar-refractivity contribution in [1.82, 2.24) is 0 Å². The first-order chi connectivity index (χ1) is 15.3. The van der Waals surface area contributed by atoms with Crippen LogP contribution in [0.5, 0.6) is 0 Å². The summed E-state index contributed by atoms with van der Waals surface area (Å²) in [4.78, 5) is 0. The van der Waals surface area contributed by atoms with Crippen molar-refractivity contribution in [2.24, 2.45) is 0 Å². The van der Waals surface area contributed by atoms with Crippen LogP contribution in [0, 0.1) is 0 Å². The van der Waals surface area contributed by atoms with E-state index in [1.807, 2.05) is 0 Å². The van der Waals surface area contributed by atoms with E-state index in [1.54, 1.807) is 0 Å². The Morgan fingerprint density at radius 3 is 1.71 bits per heavy atom. The molecule has 2 nitrogen and oxygen atoms in total. The molecule has 0 aliphatic rings. The van der Waals surface area contributed by atoms with Crippen molar-refractivity contribution in [3.8, 4) is 0 Å². The zero-order valence-electron chi connectivity index (χ0n) is 21.3. The van der Waals surface area contributed by atoms with Crippen LogP contribution >= 0.6 is 0 Å². The maximum absolute atomic E-state index is 9.99. The van der Waals surface area contributed by atoms with Gasteiger partial charge in [-0.05, 0) is 44.9 Å². The third kappa shape index (κ3) is 27.4. The highest BCUT2D eigenvalue weighted by atomic mass is 16.5. The van der Waals surface area contributed by atoms with Gasteiger partial charge in [0.2, 0.25) is 0 Å². The molecule has 0 saturated heterocycles. The molecule has 31 heavy (non-hydrogen) atoms. The summed E-state index contributed by atoms with van der Waals surface area (Å²) < 4.78 is 5.66. The Bertz CT molecular complexity index is 375. The van der Waals surface area contributed by atoms with Crippen molar-refractivity contribution in [2.45, 2.75) is 148 Å². The quantitative estimate of drug-likeness (QED) is 0.114. The molecule has 0 aromatic heterocycles. The SMILES string of the molecule is CCCCCC=CCC=CCCCCCCCCOC[C@H](O)CCCCCCCCC. The fourth-order valence-corrected chi connectivity index (χ4v) is 3.83. The van der Waals surface area contributed by atoms with Gasteiger partial charge in [0.25, 0.3) is 0 Å². The number of hydrogen-bond acceptors (Lipinski definition) is 2. The van der Waals surface area contributed by atoms with E-state index in [0.29, 0.717) is 6.61 Å². The van der Waals surface area contributed by atoms with Gasteiger partial charge in [-0.2, -0.15) is 0 Å². The van der Waals surface area contributed by atoms with Gasteiger partial charge in [-0.3, -0.25) is 0 Å². The topological polar surface area (TPSA) is 29.5 Å². The second kappa shape index (κ2) is 27.4. The van der Waals surface area contributed by atoms with Gasteiger partial charge >= 0.3 is 0 Å². The molecule has 184 valence electrons. The molecule has 0 aliphatic carbocycles. The number of unbranched alkanes of at least 4 members (excludes halogenated alkanes) is 15. The van der Waals surface area contributed by atoms with Crippen LogP contribution in [0.2, 0.25) is 0 Å². The van der Waals surface area contributed by atoms with E-state index in [-0.39, 0.29) is 6.10 Å². The van der Waals surface area contributed by atoms with Gasteiger partial charge in [0.05, 0.1) is 12.7 Å². The maximum atomic E-state index is 9.99. The van der Waals surface area contributed by atoms with Crippen LogP contribution in [0.3, 0.4) is 0 Å². The minimum Gasteiger partial charge on any atom is -0.391 e. The fraction of sp³-hybridized carbons (Fsp3) is 0.862. The Kier molecular flexibility index (Phi) is 26.9. The van der Waals surface area contributed by atoms with Crippen LogP contribution in [0.25, 0.3) is 0 Å². The normalized spacial score (nSPS) is 13.0. The largest absolute Gasteiger partial charge is 0.391 e. The predicted octanol–water partition coefficient (Wildman–Crippen LogP) is 9.32. The first-order valence-corrected chi connectivity index (χ1v) is 13.9. The Balaban J connectivity index is 3.21. The van der Waals surface area contributed by atoms with Crippen LogP contribution < -0.4 is 0 Å². The van der Waals surface area contributed by atoms with E-state index in [0.717, 1.165) is 32.3 Å². The number of ether oxygens (including phenoxy) is 1. The summed E-state index contributed by atoms with van der Waals surface area (Å²) in [5, 5.41) is 9.99. The molecule has 0 aromatic carbocycles. The van der Waals surface area contributed by atoms with Gasteiger partial charge in [-0.15, -0.1) is 0 Å². The van der Waals surface area contributed by atoms with Gasteiger partial charge in [-0.1, -0.05) is 122 Å². The Morgan fingerprint density at radius 2 is 1.06 bits per heavy atom. The molecule has 2 heteroatoms. The fourth-order valence-electron chi connectivity index (χ4n) is 3.83. The highest BCUT2D eigenvalue weighted by Gasteiger charge is 2.04. The third-order valence-corrected chi connectivity index (χ3v) is 5.94. The monoisotopic (exact) mass is 436 g/mol. The van der Waals surface area contributed by atoms with Crippen LogP contribution in [-0.4, -0.2) is 24.4 Å². The zero-order chi connectivity index (χ0) is 22.7. The molecule has 0 heterocycles. The van der Waals surface area contributed by atoms with E-state index in [2.05, 4.69) is 38.2 Å². The predicted molar refractivity (Wildman–Crippen MR) is 139 cm³/mol. The molecular formula is C29H56O2. The minimum absolute atomic E-state index is 0.264. The number of aliphatic hydroxyl groups excluding tert-OH is 1. The third-order valence-electron chi connectivity index (χ3n) is 5.94. The summed E-state index contributed by atoms with van der Waals surface area (Å²) in [6.45, 7) is 5.85. The Morgan fingerprint density at radius 1 is 0.581 bits per heavy atom. The number of aliphatic hydroxyl groups is 1. The Labute approximate surface area is 195 Å². The molecule has 1 atom stereocenters. The summed E-state index contributed by atoms with van der Waals surface area (Å²) >= 11 is 0. The average molecular weight is 437 g/mol. The molecule has 1 N–H and O–H groups in total. The van der Waals surface area contributed by atoms with E-state index < -0.39 is 0 Å².